The predicted octanol–water partition coefficient (Wildman–Crippen LogP) is 6.76. The molecule has 2 aliphatic rings. The van der Waals surface area contributed by atoms with Crippen LogP contribution in [0.5, 0.6) is 0 Å². The van der Waals surface area contributed by atoms with Crippen molar-refractivity contribution in [1.82, 2.24) is 0 Å². The topological polar surface area (TPSA) is 31.5 Å². The first kappa shape index (κ1) is 22.4. The molecule has 1 saturated carbocycles. The molecule has 3 aromatic carbocycles. The Hall–Kier alpha value is -4.81. The molecule has 1 fully saturated rings. The van der Waals surface area contributed by atoms with E-state index >= 15 is 0 Å². The van der Waals surface area contributed by atoms with Gasteiger partial charge in [0.05, 0.1) is 17.2 Å². The number of fused-ring (bicyclic) bond motifs is 6. The third-order valence-corrected chi connectivity index (χ3v) is 8.04. The summed E-state index contributed by atoms with van der Waals surface area (Å²) in [5.74, 6) is 0.376. The lowest BCUT2D eigenvalue weighted by atomic mass is 9.96. The van der Waals surface area contributed by atoms with Crippen molar-refractivity contribution in [3.8, 4) is 39.8 Å². The molecular weight excluding hydrogens is 462 g/mol. The summed E-state index contributed by atoms with van der Waals surface area (Å²) < 4.78 is 5.03. The summed E-state index contributed by atoms with van der Waals surface area (Å²) in [4.78, 5) is 0. The molecule has 7 rings (SSSR count). The second kappa shape index (κ2) is 8.94. The van der Waals surface area contributed by atoms with E-state index in [9.17, 15) is 5.26 Å². The number of aromatic nitrogens is 2. The van der Waals surface area contributed by atoms with Gasteiger partial charge in [0, 0.05) is 35.4 Å². The van der Waals surface area contributed by atoms with Gasteiger partial charge in [0.1, 0.15) is 5.92 Å². The molecule has 38 heavy (non-hydrogen) atoms. The summed E-state index contributed by atoms with van der Waals surface area (Å²) >= 11 is 0. The Morgan fingerprint density at radius 3 is 2.24 bits per heavy atom. The summed E-state index contributed by atoms with van der Waals surface area (Å²) in [5, 5.41) is 9.39. The molecule has 2 aromatic heterocycles. The van der Waals surface area contributed by atoms with Crippen LogP contribution in [0.4, 0.5) is 0 Å². The summed E-state index contributed by atoms with van der Waals surface area (Å²) in [5.41, 5.74) is 10.7. The van der Waals surface area contributed by atoms with Gasteiger partial charge in [0.15, 0.2) is 6.20 Å². The molecule has 0 spiro atoms. The third-order valence-electron chi connectivity index (χ3n) is 8.04. The molecule has 180 valence electrons. The van der Waals surface area contributed by atoms with Gasteiger partial charge in [-0.1, -0.05) is 42.5 Å². The first-order valence-electron chi connectivity index (χ1n) is 13.1. The highest BCUT2D eigenvalue weighted by molar-refractivity contribution is 5.67. The number of rotatable bonds is 5. The van der Waals surface area contributed by atoms with E-state index in [-0.39, 0.29) is 6.04 Å². The highest BCUT2D eigenvalue weighted by Gasteiger charge is 2.70. The minimum Gasteiger partial charge on any atom is -0.192 e. The first-order chi connectivity index (χ1) is 18.8. The summed E-state index contributed by atoms with van der Waals surface area (Å²) in [6, 6.07) is 41.5. The van der Waals surface area contributed by atoms with E-state index in [4.69, 9.17) is 0 Å². The van der Waals surface area contributed by atoms with Crippen LogP contribution in [0.2, 0.25) is 0 Å². The summed E-state index contributed by atoms with van der Waals surface area (Å²) in [6.07, 6.45) is 5.03. The second-order valence-electron chi connectivity index (χ2n) is 10.1. The number of hydrogen-bond acceptors (Lipinski definition) is 1. The highest BCUT2D eigenvalue weighted by atomic mass is 15.2. The van der Waals surface area contributed by atoms with E-state index in [1.165, 1.54) is 33.6 Å². The number of hydrogen-bond donors (Lipinski definition) is 0. The Morgan fingerprint density at radius 1 is 0.711 bits per heavy atom. The number of nitriles is 1. The van der Waals surface area contributed by atoms with Gasteiger partial charge in [-0.3, -0.25) is 0 Å². The van der Waals surface area contributed by atoms with E-state index in [2.05, 4.69) is 125 Å². The fourth-order valence-electron chi connectivity index (χ4n) is 6.38. The fraction of sp³-hybridized carbons (Fsp3) is 0.114. The van der Waals surface area contributed by atoms with Crippen molar-refractivity contribution in [3.63, 3.8) is 0 Å². The monoisotopic (exact) mass is 489 g/mol. The SMILES string of the molecule is C=CCc1ccccc1-c1cccc(-c2ccc(C#N)cc2)[n+]1C1C2c3ccccc3-c3cccc[n+]3C21. The van der Waals surface area contributed by atoms with Gasteiger partial charge in [-0.15, -0.1) is 6.58 Å². The van der Waals surface area contributed by atoms with Crippen LogP contribution >= 0.6 is 0 Å². The van der Waals surface area contributed by atoms with Crippen LogP contribution in [0.25, 0.3) is 33.8 Å². The van der Waals surface area contributed by atoms with Gasteiger partial charge >= 0.3 is 0 Å². The van der Waals surface area contributed by atoms with Gasteiger partial charge in [-0.2, -0.15) is 14.4 Å². The fourth-order valence-corrected chi connectivity index (χ4v) is 6.38. The zero-order valence-electron chi connectivity index (χ0n) is 21.0. The van der Waals surface area contributed by atoms with Crippen LogP contribution in [0, 0.1) is 11.3 Å². The summed E-state index contributed by atoms with van der Waals surface area (Å²) in [7, 11) is 0. The Kier molecular flexibility index (Phi) is 5.27. The molecular formula is C35H27N3+2. The van der Waals surface area contributed by atoms with Gasteiger partial charge in [-0.05, 0) is 66.1 Å². The van der Waals surface area contributed by atoms with Gasteiger partial charge in [-0.25, -0.2) is 0 Å². The number of benzene rings is 3. The quantitative estimate of drug-likeness (QED) is 0.198. The molecule has 1 aliphatic carbocycles. The molecule has 0 bridgehead atoms. The molecule has 5 aromatic rings. The summed E-state index contributed by atoms with van der Waals surface area (Å²) in [6.45, 7) is 4.01. The Bertz CT molecular complexity index is 1690. The molecule has 3 heterocycles. The van der Waals surface area contributed by atoms with Crippen molar-refractivity contribution in [1.29, 1.82) is 5.26 Å². The van der Waals surface area contributed by atoms with E-state index in [1.807, 2.05) is 18.2 Å². The van der Waals surface area contributed by atoms with Crippen LogP contribution < -0.4 is 9.13 Å². The number of pyridine rings is 2. The maximum Gasteiger partial charge on any atom is 0.234 e. The lowest BCUT2D eigenvalue weighted by Gasteiger charge is -2.12. The number of allylic oxidation sites excluding steroid dienone is 1. The van der Waals surface area contributed by atoms with Gasteiger partial charge in [0.2, 0.25) is 29.2 Å². The Balaban J connectivity index is 1.49. The van der Waals surface area contributed by atoms with Crippen LogP contribution in [0.3, 0.4) is 0 Å². The molecule has 3 nitrogen and oxygen atoms in total. The van der Waals surface area contributed by atoms with E-state index in [0.717, 1.165) is 17.7 Å². The van der Waals surface area contributed by atoms with Crippen molar-refractivity contribution < 1.29 is 9.13 Å². The zero-order chi connectivity index (χ0) is 25.6. The molecule has 3 atom stereocenters. The predicted molar refractivity (Wildman–Crippen MR) is 149 cm³/mol. The smallest absolute Gasteiger partial charge is 0.192 e. The van der Waals surface area contributed by atoms with Crippen LogP contribution in [0.1, 0.15) is 34.7 Å². The number of nitrogens with zero attached hydrogens (tertiary/aromatic N) is 3. The normalized spacial score (nSPS) is 18.4. The lowest BCUT2D eigenvalue weighted by molar-refractivity contribution is -0.749. The van der Waals surface area contributed by atoms with Crippen molar-refractivity contribution in [2.75, 3.05) is 0 Å². The average molecular weight is 490 g/mol. The second-order valence-corrected chi connectivity index (χ2v) is 10.1. The van der Waals surface area contributed by atoms with E-state index in [1.54, 1.807) is 0 Å². The minimum atomic E-state index is 0.253. The third kappa shape index (κ3) is 3.42. The van der Waals surface area contributed by atoms with Crippen LogP contribution in [-0.2, 0) is 6.42 Å². The van der Waals surface area contributed by atoms with Crippen LogP contribution in [0.15, 0.2) is 128 Å². The lowest BCUT2D eigenvalue weighted by Crippen LogP contribution is -2.43. The van der Waals surface area contributed by atoms with Crippen molar-refractivity contribution in [2.45, 2.75) is 24.4 Å². The molecule has 0 radical (unpaired) electrons. The maximum absolute atomic E-state index is 9.39. The highest BCUT2D eigenvalue weighted by Crippen LogP contribution is 2.60. The standard InChI is InChI=1S/C35H27N3/c1-2-10-25-11-3-4-12-27(25)32-17-9-16-30(26-20-18-24(23-36)19-21-26)38(32)35-33-29-14-6-5-13-28(29)31-15-7-8-22-37(31)34(33)35/h2-9,11-22,33-35H,1,10H2/q+2. The zero-order valence-corrected chi connectivity index (χ0v) is 21.0. The van der Waals surface area contributed by atoms with Crippen LogP contribution in [-0.4, -0.2) is 0 Å². The Labute approximate surface area is 223 Å². The van der Waals surface area contributed by atoms with Gasteiger partial charge in [0.25, 0.3) is 0 Å². The van der Waals surface area contributed by atoms with Crippen molar-refractivity contribution >= 4 is 0 Å². The largest absolute Gasteiger partial charge is 0.234 e. The van der Waals surface area contributed by atoms with Gasteiger partial charge < -0.3 is 0 Å². The Morgan fingerprint density at radius 2 is 1.42 bits per heavy atom. The van der Waals surface area contributed by atoms with Crippen molar-refractivity contribution in [3.05, 3.63) is 145 Å². The average Bonchev–Trinajstić information content (AvgIpc) is 3.73. The van der Waals surface area contributed by atoms with E-state index < -0.39 is 0 Å². The molecule has 0 saturated heterocycles. The molecule has 0 N–H and O–H groups in total. The van der Waals surface area contributed by atoms with Crippen molar-refractivity contribution in [2.24, 2.45) is 0 Å². The first-order valence-corrected chi connectivity index (χ1v) is 13.1. The molecule has 3 unspecified atom stereocenters. The maximum atomic E-state index is 9.39. The van der Waals surface area contributed by atoms with E-state index in [0.29, 0.717) is 17.5 Å². The molecule has 0 amide bonds. The molecule has 3 heteroatoms. The molecule has 1 aliphatic heterocycles. The minimum absolute atomic E-state index is 0.253.